The molecule has 0 amide bonds. The maximum atomic E-state index is 9.81. The summed E-state index contributed by atoms with van der Waals surface area (Å²) >= 11 is 1.41. The van der Waals surface area contributed by atoms with E-state index in [0.717, 1.165) is 10.5 Å². The van der Waals surface area contributed by atoms with Crippen LogP contribution >= 0.6 is 11.8 Å². The predicted octanol–water partition coefficient (Wildman–Crippen LogP) is 2.02. The van der Waals surface area contributed by atoms with Crippen molar-refractivity contribution >= 4 is 11.8 Å². The van der Waals surface area contributed by atoms with Crippen molar-refractivity contribution in [3.8, 4) is 5.75 Å². The minimum Gasteiger partial charge on any atom is -0.496 e. The van der Waals surface area contributed by atoms with Crippen molar-refractivity contribution in [2.24, 2.45) is 0 Å². The van der Waals surface area contributed by atoms with Gasteiger partial charge in [-0.25, -0.2) is 4.98 Å². The summed E-state index contributed by atoms with van der Waals surface area (Å²) in [5, 5.41) is 17.0. The molecule has 0 aliphatic rings. The third kappa shape index (κ3) is 2.59. The van der Waals surface area contributed by atoms with Gasteiger partial charge in [-0.15, -0.1) is 0 Å². The van der Waals surface area contributed by atoms with Gasteiger partial charge in [-0.1, -0.05) is 6.07 Å². The summed E-state index contributed by atoms with van der Waals surface area (Å²) in [6.45, 7) is 1.71. The molecule has 0 unspecified atom stereocenters. The summed E-state index contributed by atoms with van der Waals surface area (Å²) < 4.78 is 5.25. The van der Waals surface area contributed by atoms with E-state index in [1.54, 1.807) is 14.0 Å². The first-order chi connectivity index (χ1) is 8.22. The molecular weight excluding hydrogens is 238 g/mol. The normalized spacial score (nSPS) is 12.4. The smallest absolute Gasteiger partial charge is 0.188 e. The van der Waals surface area contributed by atoms with Gasteiger partial charge in [-0.3, -0.25) is 5.10 Å². The zero-order valence-corrected chi connectivity index (χ0v) is 10.4. The number of hydrogen-bond acceptors (Lipinski definition) is 5. The number of nitrogens with zero attached hydrogens (tertiary/aromatic N) is 2. The number of aromatic amines is 1. The molecule has 0 aliphatic heterocycles. The van der Waals surface area contributed by atoms with E-state index >= 15 is 0 Å². The van der Waals surface area contributed by atoms with Crippen LogP contribution in [0.1, 0.15) is 18.6 Å². The lowest BCUT2D eigenvalue weighted by molar-refractivity contribution is 0.191. The Bertz CT molecular complexity index is 485. The van der Waals surface area contributed by atoms with Crippen LogP contribution in [-0.4, -0.2) is 27.4 Å². The van der Waals surface area contributed by atoms with Gasteiger partial charge in [0.05, 0.1) is 13.2 Å². The maximum Gasteiger partial charge on any atom is 0.188 e. The number of hydrogen-bond donors (Lipinski definition) is 2. The van der Waals surface area contributed by atoms with E-state index in [1.165, 1.54) is 18.1 Å². The minimum atomic E-state index is -0.600. The lowest BCUT2D eigenvalue weighted by atomic mass is 10.1. The third-order valence-electron chi connectivity index (χ3n) is 2.26. The van der Waals surface area contributed by atoms with Gasteiger partial charge in [-0.2, -0.15) is 5.10 Å². The molecule has 6 heteroatoms. The van der Waals surface area contributed by atoms with E-state index in [-0.39, 0.29) is 0 Å². The first-order valence-electron chi connectivity index (χ1n) is 5.10. The van der Waals surface area contributed by atoms with E-state index in [0.29, 0.717) is 10.9 Å². The fraction of sp³-hybridized carbons (Fsp3) is 0.273. The molecule has 0 fully saturated rings. The van der Waals surface area contributed by atoms with Gasteiger partial charge in [0.1, 0.15) is 12.1 Å². The number of methoxy groups -OCH3 is 1. The summed E-state index contributed by atoms with van der Waals surface area (Å²) in [6, 6.07) is 5.62. The maximum absolute atomic E-state index is 9.81. The highest BCUT2D eigenvalue weighted by Gasteiger charge is 2.15. The van der Waals surface area contributed by atoms with Gasteiger partial charge in [0.25, 0.3) is 0 Å². The van der Waals surface area contributed by atoms with Crippen molar-refractivity contribution in [1.82, 2.24) is 15.2 Å². The second-order valence-corrected chi connectivity index (χ2v) is 4.47. The Morgan fingerprint density at radius 2 is 2.29 bits per heavy atom. The molecular formula is C11H13N3O2S. The zero-order valence-electron chi connectivity index (χ0n) is 9.54. The van der Waals surface area contributed by atoms with E-state index in [2.05, 4.69) is 15.2 Å². The summed E-state index contributed by atoms with van der Waals surface area (Å²) in [6.07, 6.45) is 0.849. The Balaban J connectivity index is 2.39. The molecule has 0 saturated carbocycles. The topological polar surface area (TPSA) is 71.0 Å². The third-order valence-corrected chi connectivity index (χ3v) is 3.23. The van der Waals surface area contributed by atoms with E-state index in [4.69, 9.17) is 4.74 Å². The average molecular weight is 251 g/mol. The molecule has 2 aromatic rings. The van der Waals surface area contributed by atoms with Crippen LogP contribution in [0.5, 0.6) is 5.75 Å². The number of benzene rings is 1. The standard InChI is InChI=1S/C11H13N3O2S/c1-7(15)10-8(16-2)4-3-5-9(10)17-11-12-6-13-14-11/h3-7,15H,1-2H3,(H,12,13,14)/t7-/m1/s1. The van der Waals surface area contributed by atoms with Crippen LogP contribution in [0, 0.1) is 0 Å². The van der Waals surface area contributed by atoms with Crippen LogP contribution in [-0.2, 0) is 0 Å². The Hall–Kier alpha value is -1.53. The molecule has 0 saturated heterocycles. The molecule has 1 atom stereocenters. The van der Waals surface area contributed by atoms with Crippen LogP contribution < -0.4 is 4.74 Å². The van der Waals surface area contributed by atoms with Gasteiger partial charge in [0.2, 0.25) is 0 Å². The lowest BCUT2D eigenvalue weighted by Crippen LogP contribution is -1.99. The number of aliphatic hydroxyl groups excluding tert-OH is 1. The summed E-state index contributed by atoms with van der Waals surface area (Å²) in [5.41, 5.74) is 0.761. The first-order valence-corrected chi connectivity index (χ1v) is 5.92. The number of H-pyrrole nitrogens is 1. The number of rotatable bonds is 4. The van der Waals surface area contributed by atoms with Crippen molar-refractivity contribution in [3.05, 3.63) is 30.1 Å². The van der Waals surface area contributed by atoms with E-state index in [9.17, 15) is 5.11 Å². The summed E-state index contributed by atoms with van der Waals surface area (Å²) in [4.78, 5) is 4.94. The van der Waals surface area contributed by atoms with Crippen molar-refractivity contribution in [2.75, 3.05) is 7.11 Å². The highest BCUT2D eigenvalue weighted by molar-refractivity contribution is 7.99. The van der Waals surface area contributed by atoms with Crippen LogP contribution in [0.15, 0.2) is 34.6 Å². The first kappa shape index (κ1) is 11.9. The van der Waals surface area contributed by atoms with Gasteiger partial charge in [0.15, 0.2) is 5.16 Å². The Morgan fingerprint density at radius 1 is 1.47 bits per heavy atom. The van der Waals surface area contributed by atoms with E-state index < -0.39 is 6.10 Å². The van der Waals surface area contributed by atoms with Crippen LogP contribution in [0.2, 0.25) is 0 Å². The molecule has 1 aromatic heterocycles. The van der Waals surface area contributed by atoms with Crippen LogP contribution in [0.25, 0.3) is 0 Å². The molecule has 0 spiro atoms. The van der Waals surface area contributed by atoms with Gasteiger partial charge < -0.3 is 9.84 Å². The van der Waals surface area contributed by atoms with Gasteiger partial charge in [-0.05, 0) is 30.8 Å². The fourth-order valence-corrected chi connectivity index (χ4v) is 2.48. The summed E-state index contributed by atoms with van der Waals surface area (Å²) in [5.74, 6) is 0.671. The number of ether oxygens (including phenoxy) is 1. The largest absolute Gasteiger partial charge is 0.496 e. The highest BCUT2D eigenvalue weighted by atomic mass is 32.2. The quantitative estimate of drug-likeness (QED) is 0.869. The van der Waals surface area contributed by atoms with Gasteiger partial charge >= 0.3 is 0 Å². The van der Waals surface area contributed by atoms with Crippen LogP contribution in [0.3, 0.4) is 0 Å². The van der Waals surface area contributed by atoms with Crippen molar-refractivity contribution < 1.29 is 9.84 Å². The molecule has 2 rings (SSSR count). The number of nitrogens with one attached hydrogen (secondary N) is 1. The molecule has 1 aromatic carbocycles. The van der Waals surface area contributed by atoms with E-state index in [1.807, 2.05) is 18.2 Å². The molecule has 0 aliphatic carbocycles. The molecule has 0 bridgehead atoms. The molecule has 5 nitrogen and oxygen atoms in total. The van der Waals surface area contributed by atoms with Crippen molar-refractivity contribution in [1.29, 1.82) is 0 Å². The Kier molecular flexibility index (Phi) is 3.65. The zero-order chi connectivity index (χ0) is 12.3. The van der Waals surface area contributed by atoms with Gasteiger partial charge in [0, 0.05) is 10.5 Å². The molecule has 1 heterocycles. The molecule has 2 N–H and O–H groups in total. The number of aliphatic hydroxyl groups is 1. The molecule has 90 valence electrons. The van der Waals surface area contributed by atoms with Crippen LogP contribution in [0.4, 0.5) is 0 Å². The van der Waals surface area contributed by atoms with Crippen molar-refractivity contribution in [2.45, 2.75) is 23.1 Å². The molecule has 17 heavy (non-hydrogen) atoms. The second-order valence-electron chi connectivity index (χ2n) is 3.44. The Morgan fingerprint density at radius 3 is 2.88 bits per heavy atom. The summed E-state index contributed by atoms with van der Waals surface area (Å²) in [7, 11) is 1.59. The predicted molar refractivity (Wildman–Crippen MR) is 64.1 cm³/mol. The second kappa shape index (κ2) is 5.20. The monoisotopic (exact) mass is 251 g/mol. The number of aromatic nitrogens is 3. The minimum absolute atomic E-state index is 0.600. The SMILES string of the molecule is COc1cccc(Sc2ncn[nH]2)c1[C@@H](C)O. The average Bonchev–Trinajstić information content (AvgIpc) is 2.81. The molecule has 0 radical (unpaired) electrons. The lowest BCUT2D eigenvalue weighted by Gasteiger charge is -2.14. The fourth-order valence-electron chi connectivity index (χ4n) is 1.55. The Labute approximate surface area is 103 Å². The highest BCUT2D eigenvalue weighted by Crippen LogP contribution is 2.36. The van der Waals surface area contributed by atoms with Crippen molar-refractivity contribution in [3.63, 3.8) is 0 Å².